The highest BCUT2D eigenvalue weighted by Crippen LogP contribution is 2.76. The molecule has 2 nitrogen and oxygen atoms in total. The molecule has 2 heteroatoms. The summed E-state index contributed by atoms with van der Waals surface area (Å²) >= 11 is 0. The van der Waals surface area contributed by atoms with E-state index in [1.807, 2.05) is 5.57 Å². The summed E-state index contributed by atoms with van der Waals surface area (Å²) in [5.74, 6) is 2.62. The van der Waals surface area contributed by atoms with Gasteiger partial charge in [-0.05, 0) is 122 Å². The topological polar surface area (TPSA) is 18.5 Å². The number of fused-ring (bicyclic) bond motifs is 9. The molecule has 1 aliphatic heterocycles. The van der Waals surface area contributed by atoms with Gasteiger partial charge < -0.3 is 9.47 Å². The van der Waals surface area contributed by atoms with Gasteiger partial charge in [-0.2, -0.15) is 0 Å². The van der Waals surface area contributed by atoms with Crippen LogP contribution < -0.4 is 0 Å². The number of ether oxygens (including phenoxy) is 2. The Balaban J connectivity index is 1.38. The van der Waals surface area contributed by atoms with Gasteiger partial charge in [0.2, 0.25) is 0 Å². The van der Waals surface area contributed by atoms with E-state index in [1.165, 1.54) is 57.8 Å². The van der Waals surface area contributed by atoms with Gasteiger partial charge in [0.1, 0.15) is 0 Å². The molecule has 0 aromatic carbocycles. The Labute approximate surface area is 222 Å². The van der Waals surface area contributed by atoms with Crippen molar-refractivity contribution in [1.29, 1.82) is 0 Å². The molecule has 1 heterocycles. The monoisotopic (exact) mass is 496 g/mol. The van der Waals surface area contributed by atoms with E-state index in [2.05, 4.69) is 75.3 Å². The van der Waals surface area contributed by atoms with E-state index in [9.17, 15) is 0 Å². The number of allylic oxidation sites excluding steroid dienone is 2. The zero-order valence-corrected chi connectivity index (χ0v) is 25.4. The minimum atomic E-state index is -0.434. The van der Waals surface area contributed by atoms with Gasteiger partial charge in [0.25, 0.3) is 0 Å². The summed E-state index contributed by atoms with van der Waals surface area (Å²) in [4.78, 5) is 0. The Kier molecular flexibility index (Phi) is 5.35. The fourth-order valence-corrected chi connectivity index (χ4v) is 12.1. The molecule has 1 saturated heterocycles. The molecule has 10 atom stereocenters. The average Bonchev–Trinajstić information content (AvgIpc) is 2.76. The van der Waals surface area contributed by atoms with Crippen molar-refractivity contribution in [1.82, 2.24) is 0 Å². The fourth-order valence-electron chi connectivity index (χ4n) is 12.1. The smallest absolute Gasteiger partial charge is 0.163 e. The minimum Gasteiger partial charge on any atom is -0.350 e. The lowest BCUT2D eigenvalue weighted by Gasteiger charge is -2.72. The maximum Gasteiger partial charge on any atom is 0.163 e. The van der Waals surface area contributed by atoms with Gasteiger partial charge in [0, 0.05) is 5.41 Å². The Morgan fingerprint density at radius 2 is 1.47 bits per heavy atom. The van der Waals surface area contributed by atoms with Crippen LogP contribution in [0.25, 0.3) is 0 Å². The predicted molar refractivity (Wildman–Crippen MR) is 148 cm³/mol. The van der Waals surface area contributed by atoms with Crippen LogP contribution in [-0.4, -0.2) is 18.5 Å². The Hall–Kier alpha value is -0.340. The standard InChI is InChI=1S/C34H56O2/c1-22-19-28(2,3)20-24-23-11-12-26-31(7)15-14-27-32(8,21-35-29(4,5)36-27)25(31)13-16-34(26,10)33(23,9)18-17-30(22,24)6/h11,22,24-27H,12-21H2,1-10H3. The summed E-state index contributed by atoms with van der Waals surface area (Å²) in [6, 6.07) is 0. The highest BCUT2D eigenvalue weighted by atomic mass is 16.7. The number of hydrogen-bond acceptors (Lipinski definition) is 2. The van der Waals surface area contributed by atoms with Gasteiger partial charge in [-0.25, -0.2) is 0 Å². The SMILES string of the molecule is CC1CC(C)(C)CC2C3=CCC4C5(C)CCC6OC(C)(C)OCC6(C)C5CCC4(C)C3(C)CCC12C. The minimum absolute atomic E-state index is 0.142. The molecule has 6 rings (SSSR count). The molecule has 10 unspecified atom stereocenters. The van der Waals surface area contributed by atoms with Crippen molar-refractivity contribution < 1.29 is 9.47 Å². The molecule has 0 spiro atoms. The molecule has 204 valence electrons. The maximum absolute atomic E-state index is 6.61. The van der Waals surface area contributed by atoms with Gasteiger partial charge >= 0.3 is 0 Å². The third-order valence-electron chi connectivity index (χ3n) is 14.5. The van der Waals surface area contributed by atoms with Crippen molar-refractivity contribution in [2.75, 3.05) is 6.61 Å². The molecule has 5 aliphatic carbocycles. The summed E-state index contributed by atoms with van der Waals surface area (Å²) in [6.07, 6.45) is 15.3. The molecule has 0 radical (unpaired) electrons. The number of hydrogen-bond donors (Lipinski definition) is 0. The molecule has 0 aromatic rings. The van der Waals surface area contributed by atoms with Crippen molar-refractivity contribution in [3.8, 4) is 0 Å². The largest absolute Gasteiger partial charge is 0.350 e. The van der Waals surface area contributed by atoms with Crippen LogP contribution in [0.15, 0.2) is 11.6 Å². The van der Waals surface area contributed by atoms with Gasteiger partial charge in [-0.15, -0.1) is 0 Å². The maximum atomic E-state index is 6.61. The Bertz CT molecular complexity index is 962. The first-order valence-electron chi connectivity index (χ1n) is 15.5. The van der Waals surface area contributed by atoms with Crippen LogP contribution in [0.2, 0.25) is 0 Å². The fraction of sp³-hybridized carbons (Fsp3) is 0.941. The third-order valence-corrected chi connectivity index (χ3v) is 14.5. The van der Waals surface area contributed by atoms with Crippen molar-refractivity contribution in [3.63, 3.8) is 0 Å². The second-order valence-electron chi connectivity index (χ2n) is 17.2. The first-order valence-corrected chi connectivity index (χ1v) is 15.5. The van der Waals surface area contributed by atoms with Crippen molar-refractivity contribution in [2.24, 2.45) is 56.2 Å². The lowest BCUT2D eigenvalue weighted by Crippen LogP contribution is -2.67. The molecule has 0 amide bonds. The summed E-state index contributed by atoms with van der Waals surface area (Å²) in [6.45, 7) is 26.1. The van der Waals surface area contributed by atoms with Crippen LogP contribution in [0.4, 0.5) is 0 Å². The van der Waals surface area contributed by atoms with Crippen LogP contribution >= 0.6 is 0 Å². The van der Waals surface area contributed by atoms with E-state index in [1.54, 1.807) is 0 Å². The third kappa shape index (κ3) is 3.16. The molecule has 0 N–H and O–H groups in total. The normalized spacial score (nSPS) is 57.3. The molecule has 4 saturated carbocycles. The molecule has 6 aliphatic rings. The highest BCUT2D eigenvalue weighted by Gasteiger charge is 2.69. The zero-order valence-electron chi connectivity index (χ0n) is 25.4. The average molecular weight is 497 g/mol. The molecule has 5 fully saturated rings. The summed E-state index contributed by atoms with van der Waals surface area (Å²) in [5, 5.41) is 0. The second kappa shape index (κ2) is 7.44. The van der Waals surface area contributed by atoms with Gasteiger partial charge in [0.05, 0.1) is 12.7 Å². The van der Waals surface area contributed by atoms with Crippen molar-refractivity contribution in [3.05, 3.63) is 11.6 Å². The van der Waals surface area contributed by atoms with E-state index in [0.717, 1.165) is 24.4 Å². The van der Waals surface area contributed by atoms with Crippen LogP contribution in [-0.2, 0) is 9.47 Å². The van der Waals surface area contributed by atoms with Gasteiger partial charge in [0.15, 0.2) is 5.79 Å². The Morgan fingerprint density at radius 3 is 2.19 bits per heavy atom. The quantitative estimate of drug-likeness (QED) is 0.311. The Morgan fingerprint density at radius 1 is 0.750 bits per heavy atom. The summed E-state index contributed by atoms with van der Waals surface area (Å²) in [5.41, 5.74) is 4.10. The van der Waals surface area contributed by atoms with E-state index in [4.69, 9.17) is 9.47 Å². The van der Waals surface area contributed by atoms with Crippen LogP contribution in [0, 0.1) is 56.2 Å². The first-order chi connectivity index (χ1) is 16.5. The zero-order chi connectivity index (χ0) is 26.2. The van der Waals surface area contributed by atoms with Crippen LogP contribution in [0.5, 0.6) is 0 Å². The second-order valence-corrected chi connectivity index (χ2v) is 17.2. The van der Waals surface area contributed by atoms with Crippen molar-refractivity contribution >= 4 is 0 Å². The lowest BCUT2D eigenvalue weighted by atomic mass is 9.33. The van der Waals surface area contributed by atoms with Crippen LogP contribution in [0.1, 0.15) is 127 Å². The molecule has 0 aromatic heterocycles. The van der Waals surface area contributed by atoms with Gasteiger partial charge in [-0.3, -0.25) is 0 Å². The van der Waals surface area contributed by atoms with Crippen LogP contribution in [0.3, 0.4) is 0 Å². The molecular formula is C34H56O2. The van der Waals surface area contributed by atoms with Crippen molar-refractivity contribution in [2.45, 2.75) is 139 Å². The van der Waals surface area contributed by atoms with Gasteiger partial charge in [-0.1, -0.05) is 67.0 Å². The number of rotatable bonds is 0. The van der Waals surface area contributed by atoms with E-state index < -0.39 is 5.79 Å². The van der Waals surface area contributed by atoms with E-state index in [0.29, 0.717) is 39.1 Å². The molecule has 36 heavy (non-hydrogen) atoms. The summed E-state index contributed by atoms with van der Waals surface area (Å²) < 4.78 is 13.0. The molecule has 0 bridgehead atoms. The summed E-state index contributed by atoms with van der Waals surface area (Å²) in [7, 11) is 0. The van der Waals surface area contributed by atoms with E-state index >= 15 is 0 Å². The highest BCUT2D eigenvalue weighted by molar-refractivity contribution is 5.34. The lowest BCUT2D eigenvalue weighted by molar-refractivity contribution is -0.351. The predicted octanol–water partition coefficient (Wildman–Crippen LogP) is 9.19. The van der Waals surface area contributed by atoms with E-state index in [-0.39, 0.29) is 5.41 Å². The molecular weight excluding hydrogens is 440 g/mol. The first kappa shape index (κ1) is 25.9.